The van der Waals surface area contributed by atoms with E-state index < -0.39 is 9.05 Å². The highest BCUT2D eigenvalue weighted by molar-refractivity contribution is 14.1. The third kappa shape index (κ3) is 2.89. The maximum atomic E-state index is 11.0. The van der Waals surface area contributed by atoms with Crippen LogP contribution in [0, 0.1) is 3.70 Å². The van der Waals surface area contributed by atoms with Gasteiger partial charge in [-0.15, -0.1) is 0 Å². The Hall–Kier alpha value is -0.210. The number of Topliss-reactive ketones (excluding diaryl/α,β-unsaturated/α-hetero) is 1. The second-order valence-corrected chi connectivity index (χ2v) is 6.18. The summed E-state index contributed by atoms with van der Waals surface area (Å²) in [5.41, 5.74) is 0.0936. The summed E-state index contributed by atoms with van der Waals surface area (Å²) in [6, 6.07) is 2.46. The normalized spacial score (nSPS) is 11.4. The summed E-state index contributed by atoms with van der Waals surface area (Å²) in [4.78, 5) is 14.7. The SMILES string of the molecule is CC(=O)c1cc(S(=O)(=O)Cl)cc(I)n1. The molecular formula is C7H5ClINO3S. The molecule has 0 saturated heterocycles. The van der Waals surface area contributed by atoms with Gasteiger partial charge in [0.05, 0.1) is 4.90 Å². The number of ketones is 1. The van der Waals surface area contributed by atoms with Gasteiger partial charge in [0.25, 0.3) is 9.05 Å². The molecule has 0 radical (unpaired) electrons. The number of hydrogen-bond donors (Lipinski definition) is 0. The molecule has 0 N–H and O–H groups in total. The molecule has 0 aliphatic heterocycles. The molecule has 0 bridgehead atoms. The number of nitrogens with zero attached hydrogens (tertiary/aromatic N) is 1. The van der Waals surface area contributed by atoms with Gasteiger partial charge in [-0.25, -0.2) is 13.4 Å². The smallest absolute Gasteiger partial charge is 0.261 e. The fourth-order valence-corrected chi connectivity index (χ4v) is 2.37. The lowest BCUT2D eigenvalue weighted by Crippen LogP contribution is -2.02. The molecule has 0 fully saturated rings. The summed E-state index contributed by atoms with van der Waals surface area (Å²) < 4.78 is 22.4. The van der Waals surface area contributed by atoms with Crippen molar-refractivity contribution in [1.29, 1.82) is 0 Å². The molecular weight excluding hydrogens is 341 g/mol. The summed E-state index contributed by atoms with van der Waals surface area (Å²) in [6.07, 6.45) is 0. The minimum atomic E-state index is -3.81. The third-order valence-corrected chi connectivity index (χ3v) is 3.30. The molecule has 7 heteroatoms. The predicted molar refractivity (Wildman–Crippen MR) is 60.0 cm³/mol. The lowest BCUT2D eigenvalue weighted by Gasteiger charge is -2.00. The van der Waals surface area contributed by atoms with Gasteiger partial charge in [0, 0.05) is 17.6 Å². The highest BCUT2D eigenvalue weighted by atomic mass is 127. The number of carbonyl (C=O) groups is 1. The number of pyridine rings is 1. The quantitative estimate of drug-likeness (QED) is 0.355. The van der Waals surface area contributed by atoms with Crippen molar-refractivity contribution in [2.24, 2.45) is 0 Å². The van der Waals surface area contributed by atoms with Crippen LogP contribution < -0.4 is 0 Å². The number of aromatic nitrogens is 1. The highest BCUT2D eigenvalue weighted by Gasteiger charge is 2.14. The van der Waals surface area contributed by atoms with E-state index in [9.17, 15) is 13.2 Å². The zero-order valence-corrected chi connectivity index (χ0v) is 10.7. The van der Waals surface area contributed by atoms with E-state index >= 15 is 0 Å². The van der Waals surface area contributed by atoms with Crippen molar-refractivity contribution in [2.45, 2.75) is 11.8 Å². The summed E-state index contributed by atoms with van der Waals surface area (Å²) in [7, 11) is 1.33. The predicted octanol–water partition coefficient (Wildman–Crippen LogP) is 1.82. The van der Waals surface area contributed by atoms with Crippen LogP contribution in [-0.4, -0.2) is 19.2 Å². The molecule has 76 valence electrons. The van der Waals surface area contributed by atoms with Crippen LogP contribution in [0.25, 0.3) is 0 Å². The van der Waals surface area contributed by atoms with Crippen LogP contribution in [0.1, 0.15) is 17.4 Å². The number of halogens is 2. The zero-order valence-electron chi connectivity index (χ0n) is 6.99. The van der Waals surface area contributed by atoms with Crippen LogP contribution in [0.2, 0.25) is 0 Å². The molecule has 14 heavy (non-hydrogen) atoms. The Morgan fingerprint density at radius 2 is 2.07 bits per heavy atom. The van der Waals surface area contributed by atoms with Gasteiger partial charge in [0.2, 0.25) is 0 Å². The minimum Gasteiger partial charge on any atom is -0.293 e. The molecule has 0 aliphatic carbocycles. The molecule has 0 atom stereocenters. The summed E-state index contributed by atoms with van der Waals surface area (Å²) in [6.45, 7) is 1.31. The van der Waals surface area contributed by atoms with E-state index in [1.54, 1.807) is 0 Å². The van der Waals surface area contributed by atoms with Gasteiger partial charge in [-0.05, 0) is 34.7 Å². The summed E-state index contributed by atoms with van der Waals surface area (Å²) in [5, 5.41) is 0. The van der Waals surface area contributed by atoms with Gasteiger partial charge in [0.1, 0.15) is 9.39 Å². The van der Waals surface area contributed by atoms with Crippen LogP contribution in [0.5, 0.6) is 0 Å². The molecule has 1 aromatic rings. The van der Waals surface area contributed by atoms with E-state index in [4.69, 9.17) is 10.7 Å². The Morgan fingerprint density at radius 1 is 1.50 bits per heavy atom. The standard InChI is InChI=1S/C7H5ClINO3S/c1-4(11)6-2-5(14(8,12)13)3-7(9)10-6/h2-3H,1H3. The van der Waals surface area contributed by atoms with E-state index in [2.05, 4.69) is 4.98 Å². The van der Waals surface area contributed by atoms with Crippen molar-refractivity contribution in [3.8, 4) is 0 Å². The molecule has 1 heterocycles. The minimum absolute atomic E-state index is 0.0936. The summed E-state index contributed by atoms with van der Waals surface area (Å²) in [5.74, 6) is -0.301. The van der Waals surface area contributed by atoms with Crippen molar-refractivity contribution in [3.05, 3.63) is 21.5 Å². The van der Waals surface area contributed by atoms with Gasteiger partial charge in [-0.2, -0.15) is 0 Å². The molecule has 0 aliphatic rings. The summed E-state index contributed by atoms with van der Waals surface area (Å²) >= 11 is 1.82. The first-order chi connectivity index (χ1) is 6.30. The van der Waals surface area contributed by atoms with Crippen molar-refractivity contribution in [3.63, 3.8) is 0 Å². The molecule has 4 nitrogen and oxygen atoms in total. The molecule has 0 amide bonds. The second-order valence-electron chi connectivity index (χ2n) is 2.50. The number of rotatable bonds is 2. The fourth-order valence-electron chi connectivity index (χ4n) is 0.795. The maximum Gasteiger partial charge on any atom is 0.261 e. The second kappa shape index (κ2) is 4.11. The molecule has 0 aromatic carbocycles. The Kier molecular flexibility index (Phi) is 3.49. The first-order valence-electron chi connectivity index (χ1n) is 3.44. The molecule has 0 saturated carbocycles. The average Bonchev–Trinajstić information content (AvgIpc) is 2.01. The van der Waals surface area contributed by atoms with Gasteiger partial charge >= 0.3 is 0 Å². The number of hydrogen-bond acceptors (Lipinski definition) is 4. The van der Waals surface area contributed by atoms with Gasteiger partial charge < -0.3 is 0 Å². The highest BCUT2D eigenvalue weighted by Crippen LogP contribution is 2.18. The molecule has 1 rings (SSSR count). The monoisotopic (exact) mass is 345 g/mol. The van der Waals surface area contributed by atoms with E-state index in [1.165, 1.54) is 13.0 Å². The average molecular weight is 346 g/mol. The van der Waals surface area contributed by atoms with E-state index in [0.29, 0.717) is 3.70 Å². The van der Waals surface area contributed by atoms with Gasteiger partial charge in [-0.1, -0.05) is 0 Å². The van der Waals surface area contributed by atoms with Crippen molar-refractivity contribution < 1.29 is 13.2 Å². The van der Waals surface area contributed by atoms with Crippen molar-refractivity contribution in [1.82, 2.24) is 4.98 Å². The fraction of sp³-hybridized carbons (Fsp3) is 0.143. The Bertz CT molecular complexity index is 486. The van der Waals surface area contributed by atoms with E-state index in [0.717, 1.165) is 6.07 Å². The largest absolute Gasteiger partial charge is 0.293 e. The van der Waals surface area contributed by atoms with Crippen LogP contribution in [-0.2, 0) is 9.05 Å². The van der Waals surface area contributed by atoms with Crippen LogP contribution in [0.3, 0.4) is 0 Å². The third-order valence-electron chi connectivity index (χ3n) is 1.41. The van der Waals surface area contributed by atoms with Crippen LogP contribution >= 0.6 is 33.3 Å². The van der Waals surface area contributed by atoms with Gasteiger partial charge in [0.15, 0.2) is 5.78 Å². The van der Waals surface area contributed by atoms with E-state index in [1.807, 2.05) is 22.6 Å². The Balaban J connectivity index is 3.43. The van der Waals surface area contributed by atoms with Crippen molar-refractivity contribution >= 4 is 48.1 Å². The number of carbonyl (C=O) groups excluding carboxylic acids is 1. The van der Waals surface area contributed by atoms with Crippen LogP contribution in [0.4, 0.5) is 0 Å². The zero-order chi connectivity index (χ0) is 10.9. The van der Waals surface area contributed by atoms with E-state index in [-0.39, 0.29) is 16.4 Å². The molecule has 1 aromatic heterocycles. The van der Waals surface area contributed by atoms with Crippen LogP contribution in [0.15, 0.2) is 17.0 Å². The first kappa shape index (κ1) is 11.9. The van der Waals surface area contributed by atoms with Crippen molar-refractivity contribution in [2.75, 3.05) is 0 Å². The maximum absolute atomic E-state index is 11.0. The van der Waals surface area contributed by atoms with Gasteiger partial charge in [-0.3, -0.25) is 4.79 Å². The molecule has 0 unspecified atom stereocenters. The Labute approximate surface area is 99.2 Å². The Morgan fingerprint density at radius 3 is 2.50 bits per heavy atom. The topological polar surface area (TPSA) is 64.1 Å². The lowest BCUT2D eigenvalue weighted by atomic mass is 10.3. The molecule has 0 spiro atoms. The first-order valence-corrected chi connectivity index (χ1v) is 6.82. The lowest BCUT2D eigenvalue weighted by molar-refractivity contribution is 0.101.